The van der Waals surface area contributed by atoms with Gasteiger partial charge in [-0.15, -0.1) is 0 Å². The van der Waals surface area contributed by atoms with Gasteiger partial charge in [-0.3, -0.25) is 9.98 Å². The topological polar surface area (TPSA) is 50.7 Å². The van der Waals surface area contributed by atoms with Crippen LogP contribution in [0.2, 0.25) is 0 Å². The fraction of sp³-hybridized carbons (Fsp3) is 0.571. The monoisotopic (exact) mass is 359 g/mol. The molecule has 1 fully saturated rings. The van der Waals surface area contributed by atoms with Crippen LogP contribution in [0, 0.1) is 0 Å². The van der Waals surface area contributed by atoms with E-state index in [4.69, 9.17) is 5.73 Å². The summed E-state index contributed by atoms with van der Waals surface area (Å²) in [4.78, 5) is 8.74. The summed E-state index contributed by atoms with van der Waals surface area (Å²) in [7, 11) is 1.77. The summed E-state index contributed by atoms with van der Waals surface area (Å²) < 4.78 is 1.17. The molecule has 18 heavy (non-hydrogen) atoms. The van der Waals surface area contributed by atoms with Crippen molar-refractivity contribution >= 4 is 35.0 Å². The van der Waals surface area contributed by atoms with Crippen molar-refractivity contribution in [3.05, 3.63) is 20.9 Å². The molecule has 3 nitrogen and oxygen atoms in total. The van der Waals surface area contributed by atoms with Crippen LogP contribution in [0.5, 0.6) is 0 Å². The first-order valence-corrected chi connectivity index (χ1v) is 7.51. The molecule has 0 atom stereocenters. The van der Waals surface area contributed by atoms with Gasteiger partial charge in [0.05, 0.1) is 0 Å². The van der Waals surface area contributed by atoms with E-state index in [1.165, 1.54) is 35.7 Å². The van der Waals surface area contributed by atoms with Crippen molar-refractivity contribution < 1.29 is 0 Å². The highest BCUT2D eigenvalue weighted by Gasteiger charge is 2.11. The molecule has 0 unspecified atom stereocenters. The van der Waals surface area contributed by atoms with E-state index in [-0.39, 0.29) is 0 Å². The number of aliphatic imine (C=N–C) groups is 2. The zero-order valence-corrected chi connectivity index (χ0v) is 13.4. The molecule has 4 heteroatoms. The molecule has 1 rings (SSSR count). The molecule has 1 aliphatic carbocycles. The van der Waals surface area contributed by atoms with Gasteiger partial charge in [-0.25, -0.2) is 0 Å². The lowest BCUT2D eigenvalue weighted by Gasteiger charge is -2.17. The van der Waals surface area contributed by atoms with Gasteiger partial charge in [-0.05, 0) is 45.9 Å². The van der Waals surface area contributed by atoms with E-state index in [1.54, 1.807) is 13.2 Å². The summed E-state index contributed by atoms with van der Waals surface area (Å²) in [5.74, 6) is 0. The van der Waals surface area contributed by atoms with Crippen LogP contribution < -0.4 is 5.73 Å². The maximum atomic E-state index is 5.70. The normalized spacial score (nSPS) is 20.7. The molecule has 0 amide bonds. The van der Waals surface area contributed by atoms with Gasteiger partial charge in [-0.2, -0.15) is 0 Å². The lowest BCUT2D eigenvalue weighted by molar-refractivity contribution is 0.444. The molecule has 1 aliphatic rings. The third-order valence-electron chi connectivity index (χ3n) is 3.12. The first kappa shape index (κ1) is 15.4. The Kier molecular flexibility index (Phi) is 7.23. The maximum Gasteiger partial charge on any atom is 0.0499 e. The molecule has 0 spiro atoms. The van der Waals surface area contributed by atoms with E-state index in [0.717, 1.165) is 11.1 Å². The van der Waals surface area contributed by atoms with Crippen molar-refractivity contribution in [2.24, 2.45) is 15.7 Å². The molecule has 100 valence electrons. The number of hydrogen-bond acceptors (Lipinski definition) is 3. The van der Waals surface area contributed by atoms with Gasteiger partial charge in [0.2, 0.25) is 0 Å². The Labute approximate surface area is 123 Å². The second-order valence-corrected chi connectivity index (χ2v) is 6.14. The number of allylic oxidation sites excluding steroid dienone is 3. The number of nitrogens with zero attached hydrogens (tertiary/aromatic N) is 2. The molecule has 0 bridgehead atoms. The van der Waals surface area contributed by atoms with Crippen LogP contribution in [0.25, 0.3) is 0 Å². The molecule has 0 aliphatic heterocycles. The van der Waals surface area contributed by atoms with E-state index in [2.05, 4.69) is 39.5 Å². The predicted octanol–water partition coefficient (Wildman–Crippen LogP) is 3.64. The second-order valence-electron chi connectivity index (χ2n) is 4.53. The summed E-state index contributed by atoms with van der Waals surface area (Å²) in [6, 6.07) is 0.475. The van der Waals surface area contributed by atoms with Crippen molar-refractivity contribution in [1.82, 2.24) is 0 Å². The average Bonchev–Trinajstić information content (AvgIpc) is 2.39. The highest BCUT2D eigenvalue weighted by Crippen LogP contribution is 2.21. The van der Waals surface area contributed by atoms with Crippen LogP contribution in [0.4, 0.5) is 0 Å². The third kappa shape index (κ3) is 4.92. The molecule has 0 radical (unpaired) electrons. The van der Waals surface area contributed by atoms with Crippen LogP contribution in [-0.4, -0.2) is 25.5 Å². The fourth-order valence-corrected chi connectivity index (χ4v) is 2.56. The van der Waals surface area contributed by atoms with Gasteiger partial charge >= 0.3 is 0 Å². The number of nitrogens with two attached hydrogens (primary N) is 1. The zero-order valence-electron chi connectivity index (χ0n) is 11.2. The molecule has 0 heterocycles. The van der Waals surface area contributed by atoms with E-state index < -0.39 is 0 Å². The van der Waals surface area contributed by atoms with Crippen LogP contribution >= 0.6 is 22.6 Å². The maximum absolute atomic E-state index is 5.70. The third-order valence-corrected chi connectivity index (χ3v) is 3.70. The Bertz CT molecular complexity index is 371. The van der Waals surface area contributed by atoms with E-state index in [1.807, 2.05) is 12.4 Å². The highest BCUT2D eigenvalue weighted by atomic mass is 127. The Balaban J connectivity index is 2.78. The molecule has 0 aromatic heterocycles. The Morgan fingerprint density at radius 1 is 1.22 bits per heavy atom. The summed E-state index contributed by atoms with van der Waals surface area (Å²) >= 11 is 2.29. The molecule has 0 saturated heterocycles. The summed E-state index contributed by atoms with van der Waals surface area (Å²) in [6.45, 7) is 2.05. The smallest absolute Gasteiger partial charge is 0.0499 e. The van der Waals surface area contributed by atoms with E-state index in [9.17, 15) is 0 Å². The number of rotatable bonds is 4. The van der Waals surface area contributed by atoms with Gasteiger partial charge in [-0.1, -0.05) is 19.3 Å². The summed E-state index contributed by atoms with van der Waals surface area (Å²) in [5, 5.41) is 0. The highest BCUT2D eigenvalue weighted by molar-refractivity contribution is 14.1. The van der Waals surface area contributed by atoms with Gasteiger partial charge in [0.1, 0.15) is 0 Å². The quantitative estimate of drug-likeness (QED) is 0.465. The van der Waals surface area contributed by atoms with Gasteiger partial charge in [0.15, 0.2) is 0 Å². The standard InChI is InChI=1S/C14H22IN3/c1-11(15)14(10-17-2)12(8-16)9-18-13-6-4-3-5-7-13/h8-10,13H,3-7,16H2,1-2H3/b12-8?,14-11+,17-10?,18-9?. The lowest BCUT2D eigenvalue weighted by atomic mass is 9.96. The Hall–Kier alpha value is -0.650. The minimum atomic E-state index is 0.475. The van der Waals surface area contributed by atoms with Crippen molar-refractivity contribution in [3.8, 4) is 0 Å². The van der Waals surface area contributed by atoms with Crippen LogP contribution in [0.15, 0.2) is 30.9 Å². The average molecular weight is 359 g/mol. The molecule has 2 N–H and O–H groups in total. The lowest BCUT2D eigenvalue weighted by Crippen LogP contribution is -2.10. The van der Waals surface area contributed by atoms with Crippen molar-refractivity contribution in [3.63, 3.8) is 0 Å². The van der Waals surface area contributed by atoms with Crippen LogP contribution in [0.1, 0.15) is 39.0 Å². The minimum Gasteiger partial charge on any atom is -0.404 e. The number of hydrogen-bond donors (Lipinski definition) is 1. The first-order valence-electron chi connectivity index (χ1n) is 6.43. The Morgan fingerprint density at radius 3 is 2.39 bits per heavy atom. The molecule has 0 aromatic rings. The fourth-order valence-electron chi connectivity index (χ4n) is 2.11. The summed E-state index contributed by atoms with van der Waals surface area (Å²) in [6.07, 6.45) is 11.7. The van der Waals surface area contributed by atoms with Gasteiger partial charge < -0.3 is 5.73 Å². The molecule has 0 aromatic carbocycles. The van der Waals surface area contributed by atoms with Gasteiger partial charge in [0.25, 0.3) is 0 Å². The Morgan fingerprint density at radius 2 is 1.89 bits per heavy atom. The largest absolute Gasteiger partial charge is 0.404 e. The molecule has 1 saturated carbocycles. The number of halogens is 1. The first-order chi connectivity index (χ1) is 8.69. The van der Waals surface area contributed by atoms with E-state index in [0.29, 0.717) is 6.04 Å². The zero-order chi connectivity index (χ0) is 13.4. The molecular weight excluding hydrogens is 337 g/mol. The van der Waals surface area contributed by atoms with Gasteiger partial charge in [0, 0.05) is 42.9 Å². The van der Waals surface area contributed by atoms with Crippen molar-refractivity contribution in [2.75, 3.05) is 7.05 Å². The minimum absolute atomic E-state index is 0.475. The van der Waals surface area contributed by atoms with Crippen LogP contribution in [-0.2, 0) is 0 Å². The van der Waals surface area contributed by atoms with Crippen molar-refractivity contribution in [2.45, 2.75) is 45.1 Å². The van der Waals surface area contributed by atoms with E-state index >= 15 is 0 Å². The van der Waals surface area contributed by atoms with Crippen molar-refractivity contribution in [1.29, 1.82) is 0 Å². The second kappa shape index (κ2) is 8.45. The summed E-state index contributed by atoms with van der Waals surface area (Å²) in [5.41, 5.74) is 7.72. The predicted molar refractivity (Wildman–Crippen MR) is 88.8 cm³/mol. The molecular formula is C14H22IN3. The SMILES string of the molecule is CN=C/C(C(C=NC1CCCCC1)=CN)=C(/C)I. The van der Waals surface area contributed by atoms with Crippen LogP contribution in [0.3, 0.4) is 0 Å².